The zero-order valence-corrected chi connectivity index (χ0v) is 17.2. The number of nitrogens with one attached hydrogen (secondary N) is 1. The molecule has 0 spiro atoms. The summed E-state index contributed by atoms with van der Waals surface area (Å²) in [5.41, 5.74) is 1.47. The molecule has 8 heteroatoms. The van der Waals surface area contributed by atoms with Crippen molar-refractivity contribution in [1.29, 1.82) is 0 Å². The number of rotatable bonds is 5. The molecular weight excluding hydrogens is 411 g/mol. The molecule has 7 nitrogen and oxygen atoms in total. The lowest BCUT2D eigenvalue weighted by Crippen LogP contribution is -2.21. The van der Waals surface area contributed by atoms with Crippen LogP contribution in [0.15, 0.2) is 71.8 Å². The van der Waals surface area contributed by atoms with Crippen LogP contribution >= 0.6 is 0 Å². The summed E-state index contributed by atoms with van der Waals surface area (Å²) < 4.78 is 22.4. The third kappa shape index (κ3) is 3.92. The van der Waals surface area contributed by atoms with Gasteiger partial charge in [-0.05, 0) is 43.2 Å². The fourth-order valence-electron chi connectivity index (χ4n) is 3.96. The van der Waals surface area contributed by atoms with Crippen molar-refractivity contribution in [3.05, 3.63) is 88.7 Å². The predicted molar refractivity (Wildman–Crippen MR) is 118 cm³/mol. The lowest BCUT2D eigenvalue weighted by atomic mass is 10.1. The quantitative estimate of drug-likeness (QED) is 0.522. The smallest absolute Gasteiger partial charge is 0.282 e. The summed E-state index contributed by atoms with van der Waals surface area (Å²) in [6.07, 6.45) is 5.31. The van der Waals surface area contributed by atoms with Crippen molar-refractivity contribution in [3.63, 3.8) is 0 Å². The average molecular weight is 432 g/mol. The van der Waals surface area contributed by atoms with Crippen molar-refractivity contribution in [2.24, 2.45) is 0 Å². The lowest BCUT2D eigenvalue weighted by molar-refractivity contribution is 0.0961. The van der Waals surface area contributed by atoms with E-state index in [1.165, 1.54) is 22.9 Å². The molecule has 0 saturated carbocycles. The number of carbonyl (C=O) groups excluding carboxylic acids is 1. The van der Waals surface area contributed by atoms with Crippen LogP contribution in [0.5, 0.6) is 0 Å². The van der Waals surface area contributed by atoms with Crippen molar-refractivity contribution in [2.75, 3.05) is 11.9 Å². The van der Waals surface area contributed by atoms with Gasteiger partial charge >= 0.3 is 0 Å². The van der Waals surface area contributed by atoms with E-state index >= 15 is 0 Å². The molecule has 2 aromatic carbocycles. The van der Waals surface area contributed by atoms with Crippen LogP contribution in [0.25, 0.3) is 16.9 Å². The van der Waals surface area contributed by atoms with Crippen LogP contribution in [0.4, 0.5) is 10.1 Å². The zero-order chi connectivity index (χ0) is 22.1. The monoisotopic (exact) mass is 432 g/mol. The van der Waals surface area contributed by atoms with Crippen LogP contribution < -0.4 is 10.9 Å². The van der Waals surface area contributed by atoms with Gasteiger partial charge in [0.2, 0.25) is 0 Å². The van der Waals surface area contributed by atoms with Crippen molar-refractivity contribution in [1.82, 2.24) is 14.3 Å². The maximum Gasteiger partial charge on any atom is 0.282 e. The number of hydrogen-bond donors (Lipinski definition) is 1. The minimum absolute atomic E-state index is 0.0239. The standard InChI is InChI=1S/C24H21FN4O3/c25-16-6-4-7-17(12-16)26-23(30)20-14-28(13-19-10-5-11-32-19)15-21-22(20)27-29(24(21)31)18-8-2-1-3-9-18/h1-4,6-9,12,14-15,19H,5,10-11,13H2,(H,26,30). The molecule has 1 amide bonds. The first-order chi connectivity index (χ1) is 15.6. The summed E-state index contributed by atoms with van der Waals surface area (Å²) in [5.74, 6) is -0.926. The van der Waals surface area contributed by atoms with Crippen LogP contribution in [0.3, 0.4) is 0 Å². The van der Waals surface area contributed by atoms with E-state index in [9.17, 15) is 14.0 Å². The van der Waals surface area contributed by atoms with E-state index in [1.54, 1.807) is 35.2 Å². The van der Waals surface area contributed by atoms with Gasteiger partial charge in [0.25, 0.3) is 11.5 Å². The SMILES string of the molecule is O=C(Nc1cccc(F)c1)c1cn(CC2CCCO2)cc2c(=O)n(-c3ccccc3)nc1-2. The van der Waals surface area contributed by atoms with Gasteiger partial charge in [-0.25, -0.2) is 4.39 Å². The number of amides is 1. The first-order valence-electron chi connectivity index (χ1n) is 10.5. The Kier molecular flexibility index (Phi) is 5.28. The van der Waals surface area contributed by atoms with E-state index in [1.807, 2.05) is 18.2 Å². The second-order valence-electron chi connectivity index (χ2n) is 7.78. The summed E-state index contributed by atoms with van der Waals surface area (Å²) in [6.45, 7) is 1.23. The van der Waals surface area contributed by atoms with Gasteiger partial charge in [0.1, 0.15) is 11.5 Å². The van der Waals surface area contributed by atoms with Crippen molar-refractivity contribution in [2.45, 2.75) is 25.5 Å². The summed E-state index contributed by atoms with van der Waals surface area (Å²) in [5, 5.41) is 7.17. The van der Waals surface area contributed by atoms with Crippen LogP contribution in [0.1, 0.15) is 23.2 Å². The van der Waals surface area contributed by atoms with Gasteiger partial charge < -0.3 is 14.6 Å². The number of anilines is 1. The van der Waals surface area contributed by atoms with Gasteiger partial charge in [-0.15, -0.1) is 0 Å². The highest BCUT2D eigenvalue weighted by molar-refractivity contribution is 6.08. The molecule has 1 N–H and O–H groups in total. The molecule has 2 aromatic rings. The fraction of sp³-hybridized carbons (Fsp3) is 0.208. The van der Waals surface area contributed by atoms with Gasteiger partial charge in [0.15, 0.2) is 0 Å². The van der Waals surface area contributed by atoms with E-state index in [2.05, 4.69) is 10.4 Å². The van der Waals surface area contributed by atoms with Crippen LogP contribution in [-0.2, 0) is 11.3 Å². The maximum atomic E-state index is 13.6. The number of halogens is 1. The van der Waals surface area contributed by atoms with Crippen LogP contribution in [0.2, 0.25) is 0 Å². The molecule has 1 saturated heterocycles. The van der Waals surface area contributed by atoms with Crippen LogP contribution in [-0.4, -0.2) is 33.0 Å². The van der Waals surface area contributed by atoms with Crippen molar-refractivity contribution >= 4 is 11.6 Å². The van der Waals surface area contributed by atoms with E-state index in [-0.39, 0.29) is 22.9 Å². The normalized spacial score (nSPS) is 15.8. The Morgan fingerprint density at radius 2 is 2.00 bits per heavy atom. The number of hydrogen-bond acceptors (Lipinski definition) is 4. The molecule has 3 aliphatic rings. The highest BCUT2D eigenvalue weighted by Gasteiger charge is 2.26. The molecule has 3 heterocycles. The largest absolute Gasteiger partial charge is 0.376 e. The average Bonchev–Trinajstić information content (AvgIpc) is 3.42. The van der Waals surface area contributed by atoms with Gasteiger partial charge in [0, 0.05) is 31.2 Å². The van der Waals surface area contributed by atoms with Gasteiger partial charge in [0.05, 0.1) is 22.9 Å². The minimum atomic E-state index is -0.472. The second-order valence-corrected chi connectivity index (χ2v) is 7.78. The molecule has 3 aliphatic heterocycles. The van der Waals surface area contributed by atoms with E-state index in [0.717, 1.165) is 12.8 Å². The maximum absolute atomic E-state index is 13.6. The summed E-state index contributed by atoms with van der Waals surface area (Å²) in [6, 6.07) is 14.7. The second kappa shape index (κ2) is 8.39. The minimum Gasteiger partial charge on any atom is -0.376 e. The van der Waals surface area contributed by atoms with Crippen LogP contribution in [0, 0.1) is 5.82 Å². The number of fused-ring (bicyclic) bond motifs is 1. The summed E-state index contributed by atoms with van der Waals surface area (Å²) >= 11 is 0. The Balaban J connectivity index is 1.60. The number of nitrogens with zero attached hydrogens (tertiary/aromatic N) is 3. The molecule has 0 aromatic heterocycles. The molecule has 1 unspecified atom stereocenters. The van der Waals surface area contributed by atoms with Gasteiger partial charge in [-0.3, -0.25) is 9.59 Å². The Bertz CT molecular complexity index is 1290. The summed E-state index contributed by atoms with van der Waals surface area (Å²) in [4.78, 5) is 26.3. The number of carbonyl (C=O) groups is 1. The highest BCUT2D eigenvalue weighted by atomic mass is 19.1. The molecule has 162 valence electrons. The van der Waals surface area contributed by atoms with Gasteiger partial charge in [-0.1, -0.05) is 24.3 Å². The predicted octanol–water partition coefficient (Wildman–Crippen LogP) is 3.71. The van der Waals surface area contributed by atoms with E-state index in [0.29, 0.717) is 30.1 Å². The number of para-hydroxylation sites is 1. The van der Waals surface area contributed by atoms with Gasteiger partial charge in [-0.2, -0.15) is 9.78 Å². The zero-order valence-electron chi connectivity index (χ0n) is 17.2. The lowest BCUT2D eigenvalue weighted by Gasteiger charge is -2.16. The number of aromatic nitrogens is 3. The van der Waals surface area contributed by atoms with E-state index < -0.39 is 11.7 Å². The number of ether oxygens (including phenoxy) is 1. The fourth-order valence-corrected chi connectivity index (χ4v) is 3.96. The molecule has 5 rings (SSSR count). The Morgan fingerprint density at radius 1 is 1.16 bits per heavy atom. The van der Waals surface area contributed by atoms with E-state index in [4.69, 9.17) is 4.74 Å². The molecule has 0 radical (unpaired) electrons. The highest BCUT2D eigenvalue weighted by Crippen LogP contribution is 2.25. The third-order valence-electron chi connectivity index (χ3n) is 5.49. The first kappa shape index (κ1) is 20.1. The topological polar surface area (TPSA) is 78.2 Å². The Morgan fingerprint density at radius 3 is 2.75 bits per heavy atom. The first-order valence-corrected chi connectivity index (χ1v) is 10.5. The van der Waals surface area contributed by atoms with Crippen molar-refractivity contribution in [3.8, 4) is 16.9 Å². The third-order valence-corrected chi connectivity index (χ3v) is 5.49. The molecule has 32 heavy (non-hydrogen) atoms. The molecule has 1 atom stereocenters. The Labute approximate surface area is 183 Å². The molecule has 1 fully saturated rings. The number of pyridine rings is 1. The van der Waals surface area contributed by atoms with Crippen molar-refractivity contribution < 1.29 is 13.9 Å². The molecule has 0 bridgehead atoms. The molecular formula is C24H21FN4O3. The Hall–Kier alpha value is -3.78. The summed E-state index contributed by atoms with van der Waals surface area (Å²) in [7, 11) is 0. The number of benzene rings is 2. The molecule has 0 aliphatic carbocycles.